The van der Waals surface area contributed by atoms with Crippen LogP contribution >= 0.6 is 0 Å². The largest absolute Gasteiger partial charge is 0.487 e. The molecule has 2 N–H and O–H groups in total. The van der Waals surface area contributed by atoms with Gasteiger partial charge in [0.05, 0.1) is 11.7 Å². The number of aromatic nitrogens is 1. The summed E-state index contributed by atoms with van der Waals surface area (Å²) in [6.07, 6.45) is 6.59. The molecule has 0 saturated heterocycles. The summed E-state index contributed by atoms with van der Waals surface area (Å²) >= 11 is 0. The Kier molecular flexibility index (Phi) is 5.79. The molecule has 0 bridgehead atoms. The third kappa shape index (κ3) is 4.26. The van der Waals surface area contributed by atoms with Gasteiger partial charge in [0.25, 0.3) is 0 Å². The quantitative estimate of drug-likeness (QED) is 0.585. The number of hydrogen-bond acceptors (Lipinski definition) is 4. The summed E-state index contributed by atoms with van der Waals surface area (Å²) in [7, 11) is 0. The summed E-state index contributed by atoms with van der Waals surface area (Å²) in [5, 5.41) is 11.1. The Hall–Kier alpha value is -2.50. The lowest BCUT2D eigenvalue weighted by molar-refractivity contribution is 0.0396. The van der Waals surface area contributed by atoms with Gasteiger partial charge >= 0.3 is 0 Å². The van der Waals surface area contributed by atoms with Crippen LogP contribution in [0.4, 0.5) is 0 Å². The maximum atomic E-state index is 6.49. The second kappa shape index (κ2) is 8.47. The molecular weight excluding hydrogens is 364 g/mol. The van der Waals surface area contributed by atoms with Gasteiger partial charge < -0.3 is 19.9 Å². The van der Waals surface area contributed by atoms with Crippen LogP contribution in [0, 0.1) is 13.8 Å². The Balaban J connectivity index is 1.51. The molecule has 1 atom stereocenters. The van der Waals surface area contributed by atoms with E-state index in [9.17, 15) is 0 Å². The number of nitrogens with zero attached hydrogens (tertiary/aromatic N) is 2. The van der Waals surface area contributed by atoms with Crippen molar-refractivity contribution in [1.82, 2.24) is 15.8 Å². The first-order chi connectivity index (χ1) is 14.1. The highest BCUT2D eigenvalue weighted by atomic mass is 16.5. The van der Waals surface area contributed by atoms with E-state index in [4.69, 9.17) is 14.3 Å². The molecule has 29 heavy (non-hydrogen) atoms. The lowest BCUT2D eigenvalue weighted by Gasteiger charge is -2.40. The van der Waals surface area contributed by atoms with E-state index in [1.807, 2.05) is 13.8 Å². The Morgan fingerprint density at radius 1 is 1.24 bits per heavy atom. The third-order valence-electron chi connectivity index (χ3n) is 6.18. The van der Waals surface area contributed by atoms with Crippen molar-refractivity contribution in [2.24, 2.45) is 4.99 Å². The number of rotatable bonds is 5. The average Bonchev–Trinajstić information content (AvgIpc) is 3.29. The monoisotopic (exact) mass is 396 g/mol. The molecule has 6 nitrogen and oxygen atoms in total. The molecule has 2 heterocycles. The van der Waals surface area contributed by atoms with Crippen LogP contribution in [0.2, 0.25) is 0 Å². The number of para-hydroxylation sites is 1. The molecule has 1 saturated carbocycles. The van der Waals surface area contributed by atoms with Crippen LogP contribution in [0.25, 0.3) is 0 Å². The molecule has 156 valence electrons. The standard InChI is InChI=1S/C23H32N4O2/c1-4-24-22(25-14-11-18-16(2)27-29-17(18)3)26-20-15-23(12-7-8-13-23)28-21-10-6-5-9-19(20)21/h5-6,9-10,20H,4,7-8,11-15H2,1-3H3,(H2,24,25,26). The van der Waals surface area contributed by atoms with Crippen molar-refractivity contribution < 1.29 is 9.26 Å². The van der Waals surface area contributed by atoms with Crippen LogP contribution in [0.3, 0.4) is 0 Å². The SMILES string of the molecule is CCNC(=NCCc1c(C)noc1C)NC1CC2(CCCC2)Oc2ccccc21. The fourth-order valence-electron chi connectivity index (χ4n) is 4.70. The molecular formula is C23H32N4O2. The first kappa shape index (κ1) is 19.8. The van der Waals surface area contributed by atoms with Crippen LogP contribution in [-0.2, 0) is 6.42 Å². The molecule has 2 aliphatic rings. The van der Waals surface area contributed by atoms with Crippen molar-refractivity contribution in [3.63, 3.8) is 0 Å². The van der Waals surface area contributed by atoms with Gasteiger partial charge in [0, 0.05) is 30.6 Å². The van der Waals surface area contributed by atoms with Crippen molar-refractivity contribution in [2.45, 2.75) is 70.9 Å². The number of hydrogen-bond donors (Lipinski definition) is 2. The molecule has 1 spiro atoms. The Morgan fingerprint density at radius 3 is 2.76 bits per heavy atom. The van der Waals surface area contributed by atoms with E-state index in [1.165, 1.54) is 18.4 Å². The lowest BCUT2D eigenvalue weighted by Crippen LogP contribution is -2.46. The number of ether oxygens (including phenoxy) is 1. The summed E-state index contributed by atoms with van der Waals surface area (Å²) in [6.45, 7) is 7.56. The molecule has 0 radical (unpaired) electrons. The van der Waals surface area contributed by atoms with Crippen molar-refractivity contribution in [3.8, 4) is 5.75 Å². The Morgan fingerprint density at radius 2 is 2.03 bits per heavy atom. The molecule has 1 aliphatic heterocycles. The van der Waals surface area contributed by atoms with E-state index in [0.717, 1.165) is 61.0 Å². The zero-order valence-electron chi connectivity index (χ0n) is 17.8. The van der Waals surface area contributed by atoms with Gasteiger partial charge in [-0.15, -0.1) is 0 Å². The number of aliphatic imine (C=N–C) groups is 1. The van der Waals surface area contributed by atoms with Gasteiger partial charge in [-0.1, -0.05) is 23.4 Å². The molecule has 1 unspecified atom stereocenters. The highest BCUT2D eigenvalue weighted by molar-refractivity contribution is 5.80. The number of benzene rings is 1. The predicted octanol–water partition coefficient (Wildman–Crippen LogP) is 4.23. The van der Waals surface area contributed by atoms with E-state index in [1.54, 1.807) is 0 Å². The van der Waals surface area contributed by atoms with Crippen LogP contribution in [0.1, 0.15) is 67.7 Å². The molecule has 2 aromatic rings. The average molecular weight is 397 g/mol. The van der Waals surface area contributed by atoms with Gasteiger partial charge in [0.2, 0.25) is 0 Å². The Labute approximate surface area is 173 Å². The summed E-state index contributed by atoms with van der Waals surface area (Å²) in [6, 6.07) is 8.63. The first-order valence-corrected chi connectivity index (χ1v) is 10.8. The van der Waals surface area contributed by atoms with E-state index >= 15 is 0 Å². The van der Waals surface area contributed by atoms with Crippen molar-refractivity contribution in [1.29, 1.82) is 0 Å². The summed E-state index contributed by atoms with van der Waals surface area (Å²) in [5.41, 5.74) is 3.31. The minimum absolute atomic E-state index is 0.0277. The highest BCUT2D eigenvalue weighted by Gasteiger charge is 2.43. The van der Waals surface area contributed by atoms with Crippen LogP contribution < -0.4 is 15.4 Å². The van der Waals surface area contributed by atoms with E-state index in [-0.39, 0.29) is 11.6 Å². The second-order valence-corrected chi connectivity index (χ2v) is 8.24. The molecule has 0 amide bonds. The van der Waals surface area contributed by atoms with Gasteiger partial charge in [0.15, 0.2) is 5.96 Å². The maximum Gasteiger partial charge on any atom is 0.191 e. The van der Waals surface area contributed by atoms with Crippen LogP contribution in [0.15, 0.2) is 33.8 Å². The van der Waals surface area contributed by atoms with E-state index in [0.29, 0.717) is 6.54 Å². The van der Waals surface area contributed by atoms with Gasteiger partial charge in [-0.3, -0.25) is 4.99 Å². The predicted molar refractivity (Wildman–Crippen MR) is 114 cm³/mol. The topological polar surface area (TPSA) is 71.7 Å². The molecule has 1 aromatic carbocycles. The van der Waals surface area contributed by atoms with Gasteiger partial charge in [0.1, 0.15) is 17.1 Å². The number of fused-ring (bicyclic) bond motifs is 1. The normalized spacial score (nSPS) is 20.4. The molecule has 6 heteroatoms. The van der Waals surface area contributed by atoms with Crippen molar-refractivity contribution in [2.75, 3.05) is 13.1 Å². The summed E-state index contributed by atoms with van der Waals surface area (Å²) in [5.74, 6) is 2.76. The van der Waals surface area contributed by atoms with Gasteiger partial charge in [-0.2, -0.15) is 0 Å². The lowest BCUT2D eigenvalue weighted by atomic mass is 9.86. The van der Waals surface area contributed by atoms with E-state index in [2.05, 4.69) is 47.0 Å². The second-order valence-electron chi connectivity index (χ2n) is 8.24. The molecule has 1 aliphatic carbocycles. The van der Waals surface area contributed by atoms with Gasteiger partial charge in [-0.05, 0) is 58.9 Å². The highest BCUT2D eigenvalue weighted by Crippen LogP contribution is 2.46. The van der Waals surface area contributed by atoms with Crippen LogP contribution in [0.5, 0.6) is 5.75 Å². The fourth-order valence-corrected chi connectivity index (χ4v) is 4.70. The van der Waals surface area contributed by atoms with Crippen LogP contribution in [-0.4, -0.2) is 29.8 Å². The van der Waals surface area contributed by atoms with Crippen molar-refractivity contribution >= 4 is 5.96 Å². The van der Waals surface area contributed by atoms with Gasteiger partial charge in [-0.25, -0.2) is 0 Å². The minimum atomic E-state index is -0.0277. The van der Waals surface area contributed by atoms with Crippen molar-refractivity contribution in [3.05, 3.63) is 46.8 Å². The number of guanidine groups is 1. The Bertz CT molecular complexity index is 848. The minimum Gasteiger partial charge on any atom is -0.487 e. The zero-order chi connectivity index (χ0) is 20.3. The number of aryl methyl sites for hydroxylation is 2. The summed E-state index contributed by atoms with van der Waals surface area (Å²) < 4.78 is 11.8. The third-order valence-corrected chi connectivity index (χ3v) is 6.18. The van der Waals surface area contributed by atoms with E-state index < -0.39 is 0 Å². The smallest absolute Gasteiger partial charge is 0.191 e. The maximum absolute atomic E-state index is 6.49. The fraction of sp³-hybridized carbons (Fsp3) is 0.565. The molecule has 4 rings (SSSR count). The molecule has 1 aromatic heterocycles. The number of nitrogens with one attached hydrogen (secondary N) is 2. The molecule has 1 fully saturated rings. The zero-order valence-corrected chi connectivity index (χ0v) is 17.8. The summed E-state index contributed by atoms with van der Waals surface area (Å²) in [4.78, 5) is 4.84. The first-order valence-electron chi connectivity index (χ1n) is 10.8.